The Morgan fingerprint density at radius 3 is 2.70 bits per heavy atom. The second-order valence-corrected chi connectivity index (χ2v) is 9.28. The van der Waals surface area contributed by atoms with Gasteiger partial charge < -0.3 is 10.2 Å². The molecule has 2 aromatic heterocycles. The van der Waals surface area contributed by atoms with Gasteiger partial charge in [-0.3, -0.25) is 14.2 Å². The molecule has 2 heterocycles. The molecular weight excluding hydrogens is 434 g/mol. The summed E-state index contributed by atoms with van der Waals surface area (Å²) in [6.07, 6.45) is 12.8. The quantitative estimate of drug-likeness (QED) is 0.509. The molecule has 0 spiro atoms. The number of rotatable bonds is 8. The van der Waals surface area contributed by atoms with Gasteiger partial charge in [-0.15, -0.1) is 11.8 Å². The van der Waals surface area contributed by atoms with E-state index >= 15 is 0 Å². The number of pyridine rings is 1. The zero-order valence-corrected chi connectivity index (χ0v) is 19.6. The molecule has 1 fully saturated rings. The zero-order chi connectivity index (χ0) is 23.0. The molecule has 4 rings (SSSR count). The Morgan fingerprint density at radius 1 is 1.15 bits per heavy atom. The number of hydrogen-bond donors (Lipinski definition) is 1. The first kappa shape index (κ1) is 23.0. The Morgan fingerprint density at radius 2 is 1.97 bits per heavy atom. The molecule has 33 heavy (non-hydrogen) atoms. The van der Waals surface area contributed by atoms with Gasteiger partial charge in [0.15, 0.2) is 0 Å². The van der Waals surface area contributed by atoms with E-state index in [9.17, 15) is 9.59 Å². The lowest BCUT2D eigenvalue weighted by molar-refractivity contribution is -0.129. The average molecular weight is 464 g/mol. The van der Waals surface area contributed by atoms with Crippen molar-refractivity contribution in [3.8, 4) is 5.82 Å². The van der Waals surface area contributed by atoms with Crippen LogP contribution in [-0.4, -0.2) is 50.1 Å². The molecule has 8 heteroatoms. The Hall–Kier alpha value is -3.13. The Balaban J connectivity index is 1.32. The van der Waals surface area contributed by atoms with E-state index in [0.717, 1.165) is 29.1 Å². The first-order valence-corrected chi connectivity index (χ1v) is 12.3. The lowest BCUT2D eigenvalue weighted by Crippen LogP contribution is -2.39. The SMILES string of the molecule is CN(C(=O)CSc1ccccc1C(=O)NCc1ccc(-n2ccnc2)nc1)C1CCCCC1. The molecule has 1 aliphatic rings. The molecule has 0 bridgehead atoms. The van der Waals surface area contributed by atoms with Crippen molar-refractivity contribution in [3.05, 3.63) is 72.4 Å². The van der Waals surface area contributed by atoms with E-state index in [1.54, 1.807) is 24.8 Å². The fourth-order valence-corrected chi connectivity index (χ4v) is 5.01. The van der Waals surface area contributed by atoms with Crippen LogP contribution in [0.5, 0.6) is 0 Å². The van der Waals surface area contributed by atoms with Gasteiger partial charge in [-0.05, 0) is 36.6 Å². The number of carbonyl (C=O) groups is 2. The van der Waals surface area contributed by atoms with Crippen molar-refractivity contribution in [1.29, 1.82) is 0 Å². The minimum absolute atomic E-state index is 0.117. The maximum atomic E-state index is 12.9. The summed E-state index contributed by atoms with van der Waals surface area (Å²) < 4.78 is 1.82. The van der Waals surface area contributed by atoms with Gasteiger partial charge in [-0.2, -0.15) is 0 Å². The van der Waals surface area contributed by atoms with Gasteiger partial charge in [0.25, 0.3) is 5.91 Å². The van der Waals surface area contributed by atoms with Gasteiger partial charge >= 0.3 is 0 Å². The lowest BCUT2D eigenvalue weighted by Gasteiger charge is -2.31. The number of benzene rings is 1. The molecule has 0 atom stereocenters. The van der Waals surface area contributed by atoms with Crippen LogP contribution in [0.2, 0.25) is 0 Å². The second kappa shape index (κ2) is 11.1. The summed E-state index contributed by atoms with van der Waals surface area (Å²) in [4.78, 5) is 36.7. The normalized spacial score (nSPS) is 14.1. The lowest BCUT2D eigenvalue weighted by atomic mass is 9.94. The maximum Gasteiger partial charge on any atom is 0.252 e. The van der Waals surface area contributed by atoms with E-state index in [2.05, 4.69) is 15.3 Å². The number of imidazole rings is 1. The largest absolute Gasteiger partial charge is 0.348 e. The van der Waals surface area contributed by atoms with Crippen molar-refractivity contribution in [3.63, 3.8) is 0 Å². The Kier molecular flexibility index (Phi) is 7.78. The van der Waals surface area contributed by atoms with Crippen LogP contribution in [0.1, 0.15) is 48.0 Å². The molecule has 172 valence electrons. The van der Waals surface area contributed by atoms with E-state index in [4.69, 9.17) is 0 Å². The Labute approximate surface area is 198 Å². The van der Waals surface area contributed by atoms with Gasteiger partial charge in [-0.1, -0.05) is 37.5 Å². The predicted octanol–water partition coefficient (Wildman–Crippen LogP) is 4.08. The average Bonchev–Trinajstić information content (AvgIpc) is 3.41. The summed E-state index contributed by atoms with van der Waals surface area (Å²) in [5.74, 6) is 1.06. The summed E-state index contributed by atoms with van der Waals surface area (Å²) in [6, 6.07) is 11.6. The van der Waals surface area contributed by atoms with Crippen molar-refractivity contribution in [2.24, 2.45) is 0 Å². The van der Waals surface area contributed by atoms with E-state index < -0.39 is 0 Å². The number of nitrogens with one attached hydrogen (secondary N) is 1. The molecule has 3 aromatic rings. The van der Waals surface area contributed by atoms with Gasteiger partial charge in [0.2, 0.25) is 5.91 Å². The molecule has 0 aliphatic heterocycles. The molecule has 0 radical (unpaired) electrons. The van der Waals surface area contributed by atoms with Crippen LogP contribution in [0.4, 0.5) is 0 Å². The third-order valence-electron chi connectivity index (χ3n) is 6.03. The maximum absolute atomic E-state index is 12.9. The van der Waals surface area contributed by atoms with Gasteiger partial charge in [0.1, 0.15) is 12.1 Å². The molecule has 1 N–H and O–H groups in total. The highest BCUT2D eigenvalue weighted by Crippen LogP contribution is 2.25. The molecule has 0 unspecified atom stereocenters. The van der Waals surface area contributed by atoms with Gasteiger partial charge in [0, 0.05) is 43.1 Å². The molecule has 1 saturated carbocycles. The molecule has 0 saturated heterocycles. The minimum Gasteiger partial charge on any atom is -0.348 e. The van der Waals surface area contributed by atoms with Crippen molar-refractivity contribution in [2.75, 3.05) is 12.8 Å². The number of aromatic nitrogens is 3. The molecule has 2 amide bonds. The van der Waals surface area contributed by atoms with E-state index in [-0.39, 0.29) is 11.8 Å². The summed E-state index contributed by atoms with van der Waals surface area (Å²) >= 11 is 1.42. The summed E-state index contributed by atoms with van der Waals surface area (Å²) in [5, 5.41) is 2.97. The molecule has 1 aliphatic carbocycles. The minimum atomic E-state index is -0.162. The Bertz CT molecular complexity index is 1060. The summed E-state index contributed by atoms with van der Waals surface area (Å²) in [7, 11) is 1.91. The van der Waals surface area contributed by atoms with Crippen LogP contribution in [0, 0.1) is 0 Å². The predicted molar refractivity (Wildman–Crippen MR) is 129 cm³/mol. The van der Waals surface area contributed by atoms with Crippen LogP contribution in [0.3, 0.4) is 0 Å². The first-order chi connectivity index (χ1) is 16.1. The van der Waals surface area contributed by atoms with Crippen molar-refractivity contribution in [1.82, 2.24) is 24.8 Å². The fraction of sp³-hybridized carbons (Fsp3) is 0.360. The zero-order valence-electron chi connectivity index (χ0n) is 18.8. The van der Waals surface area contributed by atoms with E-state index in [1.807, 2.05) is 53.0 Å². The topological polar surface area (TPSA) is 80.1 Å². The number of amides is 2. The molecular formula is C25H29N5O2S. The number of thioether (sulfide) groups is 1. The van der Waals surface area contributed by atoms with Crippen molar-refractivity contribution in [2.45, 2.75) is 49.6 Å². The summed E-state index contributed by atoms with van der Waals surface area (Å²) in [5.41, 5.74) is 1.49. The van der Waals surface area contributed by atoms with Crippen LogP contribution in [0.25, 0.3) is 5.82 Å². The second-order valence-electron chi connectivity index (χ2n) is 8.26. The number of hydrogen-bond acceptors (Lipinski definition) is 5. The third-order valence-corrected chi connectivity index (χ3v) is 7.09. The number of nitrogens with zero attached hydrogens (tertiary/aromatic N) is 4. The first-order valence-electron chi connectivity index (χ1n) is 11.3. The van der Waals surface area contributed by atoms with Crippen molar-refractivity contribution < 1.29 is 9.59 Å². The van der Waals surface area contributed by atoms with Gasteiger partial charge in [0.05, 0.1) is 11.3 Å². The van der Waals surface area contributed by atoms with E-state index in [1.165, 1.54) is 31.0 Å². The monoisotopic (exact) mass is 463 g/mol. The third kappa shape index (κ3) is 6.01. The van der Waals surface area contributed by atoms with Crippen LogP contribution in [0.15, 0.2) is 66.2 Å². The smallest absolute Gasteiger partial charge is 0.252 e. The van der Waals surface area contributed by atoms with Crippen LogP contribution < -0.4 is 5.32 Å². The molecule has 7 nitrogen and oxygen atoms in total. The van der Waals surface area contributed by atoms with E-state index in [0.29, 0.717) is 23.9 Å². The highest BCUT2D eigenvalue weighted by atomic mass is 32.2. The van der Waals surface area contributed by atoms with Gasteiger partial charge in [-0.25, -0.2) is 9.97 Å². The summed E-state index contributed by atoms with van der Waals surface area (Å²) in [6.45, 7) is 0.373. The highest BCUT2D eigenvalue weighted by Gasteiger charge is 2.22. The molecule has 1 aromatic carbocycles. The van der Waals surface area contributed by atoms with Crippen LogP contribution in [-0.2, 0) is 11.3 Å². The van der Waals surface area contributed by atoms with Crippen LogP contribution >= 0.6 is 11.8 Å². The highest BCUT2D eigenvalue weighted by molar-refractivity contribution is 8.00. The fourth-order valence-electron chi connectivity index (χ4n) is 4.04. The number of carbonyl (C=O) groups excluding carboxylic acids is 2. The van der Waals surface area contributed by atoms with Crippen molar-refractivity contribution >= 4 is 23.6 Å². The standard InChI is InChI=1S/C25H29N5O2S/c1-29(20-7-3-2-4-8-20)24(31)17-33-22-10-6-5-9-21(22)25(32)28-16-19-11-12-23(27-15-19)30-14-13-26-18-30/h5-6,9-15,18,20H,2-4,7-8,16-17H2,1H3,(H,28,32).